The summed E-state index contributed by atoms with van der Waals surface area (Å²) >= 11 is 3.49. The van der Waals surface area contributed by atoms with Crippen molar-refractivity contribution in [3.8, 4) is 0 Å². The maximum absolute atomic E-state index is 11.8. The lowest BCUT2D eigenvalue weighted by atomic mass is 10.1. The first-order chi connectivity index (χ1) is 9.06. The van der Waals surface area contributed by atoms with Crippen molar-refractivity contribution < 1.29 is 8.42 Å². The van der Waals surface area contributed by atoms with Crippen LogP contribution in [0.25, 0.3) is 0 Å². The molecule has 1 aliphatic rings. The van der Waals surface area contributed by atoms with Crippen LogP contribution in [0.3, 0.4) is 0 Å². The van der Waals surface area contributed by atoms with Crippen LogP contribution < -0.4 is 4.90 Å². The van der Waals surface area contributed by atoms with Gasteiger partial charge in [-0.25, -0.2) is 8.42 Å². The summed E-state index contributed by atoms with van der Waals surface area (Å²) in [6, 6.07) is 7.32. The zero-order valence-electron chi connectivity index (χ0n) is 11.2. The molecule has 1 heterocycles. The van der Waals surface area contributed by atoms with E-state index in [-0.39, 0.29) is 5.75 Å². The van der Waals surface area contributed by atoms with Gasteiger partial charge < -0.3 is 4.90 Å². The normalized spacial score (nSPS) is 19.9. The van der Waals surface area contributed by atoms with E-state index in [9.17, 15) is 8.42 Å². The molecule has 0 aromatic heterocycles. The number of benzene rings is 1. The Bertz CT molecular complexity index is 513. The molecule has 19 heavy (non-hydrogen) atoms. The molecule has 1 aliphatic heterocycles. The largest absolute Gasteiger partial charge is 0.371 e. The zero-order chi connectivity index (χ0) is 13.9. The first-order valence-corrected chi connectivity index (χ1v) is 9.48. The molecule has 0 saturated carbocycles. The Kier molecular flexibility index (Phi) is 4.90. The average Bonchev–Trinajstić information content (AvgIpc) is 2.88. The summed E-state index contributed by atoms with van der Waals surface area (Å²) in [5.74, 6) is 0.905. The molecule has 3 nitrogen and oxygen atoms in total. The highest BCUT2D eigenvalue weighted by atomic mass is 79.9. The molecule has 0 bridgehead atoms. The average molecular weight is 346 g/mol. The molecule has 106 valence electrons. The third-order valence-electron chi connectivity index (χ3n) is 3.74. The van der Waals surface area contributed by atoms with Crippen LogP contribution in [0.4, 0.5) is 5.69 Å². The van der Waals surface area contributed by atoms with Gasteiger partial charge in [-0.3, -0.25) is 0 Å². The number of rotatable bonds is 5. The minimum atomic E-state index is -3.08. The Morgan fingerprint density at radius 3 is 2.58 bits per heavy atom. The van der Waals surface area contributed by atoms with Crippen molar-refractivity contribution in [2.24, 2.45) is 5.92 Å². The third kappa shape index (κ3) is 3.51. The number of alkyl halides is 1. The molecule has 1 fully saturated rings. The molecule has 0 amide bonds. The number of sulfone groups is 1. The zero-order valence-corrected chi connectivity index (χ0v) is 13.6. The van der Waals surface area contributed by atoms with Crippen LogP contribution in [0.2, 0.25) is 0 Å². The van der Waals surface area contributed by atoms with E-state index in [0.717, 1.165) is 30.0 Å². The summed E-state index contributed by atoms with van der Waals surface area (Å²) < 4.78 is 23.5. The highest BCUT2D eigenvalue weighted by Gasteiger charge is 2.22. The molecule has 5 heteroatoms. The Morgan fingerprint density at radius 1 is 1.32 bits per heavy atom. The number of hydrogen-bond donors (Lipinski definition) is 0. The molecular weight excluding hydrogens is 326 g/mol. The van der Waals surface area contributed by atoms with E-state index in [1.54, 1.807) is 19.1 Å². The SMILES string of the molecule is CCS(=O)(=O)c1ccc(N2CCC(CCBr)C2)cc1. The first-order valence-electron chi connectivity index (χ1n) is 6.70. The van der Waals surface area contributed by atoms with Crippen molar-refractivity contribution in [2.75, 3.05) is 29.1 Å². The third-order valence-corrected chi connectivity index (χ3v) is 5.95. The Labute approximate surface area is 124 Å². The molecule has 0 aliphatic carbocycles. The van der Waals surface area contributed by atoms with Gasteiger partial charge in [-0.2, -0.15) is 0 Å². The van der Waals surface area contributed by atoms with Crippen LogP contribution >= 0.6 is 15.9 Å². The molecule has 1 aromatic carbocycles. The molecular formula is C14H20BrNO2S. The number of nitrogens with zero attached hydrogens (tertiary/aromatic N) is 1. The summed E-state index contributed by atoms with van der Waals surface area (Å²) in [5, 5.41) is 1.05. The molecule has 2 rings (SSSR count). The fourth-order valence-corrected chi connectivity index (χ4v) is 4.02. The van der Waals surface area contributed by atoms with Crippen molar-refractivity contribution >= 4 is 31.5 Å². The predicted molar refractivity (Wildman–Crippen MR) is 82.9 cm³/mol. The number of anilines is 1. The predicted octanol–water partition coefficient (Wildman–Crippen LogP) is 3.09. The van der Waals surface area contributed by atoms with Crippen molar-refractivity contribution in [2.45, 2.75) is 24.7 Å². The molecule has 1 aromatic rings. The van der Waals surface area contributed by atoms with Crippen molar-refractivity contribution in [1.29, 1.82) is 0 Å². The Balaban J connectivity index is 2.08. The topological polar surface area (TPSA) is 37.4 Å². The fraction of sp³-hybridized carbons (Fsp3) is 0.571. The van der Waals surface area contributed by atoms with Crippen molar-refractivity contribution in [3.05, 3.63) is 24.3 Å². The van der Waals surface area contributed by atoms with Crippen molar-refractivity contribution in [3.63, 3.8) is 0 Å². The van der Waals surface area contributed by atoms with E-state index >= 15 is 0 Å². The van der Waals surface area contributed by atoms with Gasteiger partial charge >= 0.3 is 0 Å². The van der Waals surface area contributed by atoms with E-state index in [2.05, 4.69) is 20.8 Å². The molecule has 1 atom stereocenters. The Hall–Kier alpha value is -0.550. The van der Waals surface area contributed by atoms with Crippen LogP contribution in [-0.4, -0.2) is 32.6 Å². The second kappa shape index (κ2) is 6.27. The molecule has 0 radical (unpaired) electrons. The summed E-state index contributed by atoms with van der Waals surface area (Å²) in [6.07, 6.45) is 2.43. The van der Waals surface area contributed by atoms with Gasteiger partial charge in [-0.15, -0.1) is 0 Å². The molecule has 0 spiro atoms. The molecule has 1 saturated heterocycles. The van der Waals surface area contributed by atoms with Crippen LogP contribution in [0.1, 0.15) is 19.8 Å². The quantitative estimate of drug-likeness (QED) is 0.769. The van der Waals surface area contributed by atoms with Gasteiger partial charge in [0.1, 0.15) is 0 Å². The van der Waals surface area contributed by atoms with Crippen LogP contribution in [0.5, 0.6) is 0 Å². The second-order valence-corrected chi connectivity index (χ2v) is 8.05. The van der Waals surface area contributed by atoms with Gasteiger partial charge in [0.05, 0.1) is 10.6 Å². The highest BCUT2D eigenvalue weighted by Crippen LogP contribution is 2.27. The molecule has 0 N–H and O–H groups in total. The lowest BCUT2D eigenvalue weighted by molar-refractivity contribution is 0.576. The highest BCUT2D eigenvalue weighted by molar-refractivity contribution is 9.09. The summed E-state index contributed by atoms with van der Waals surface area (Å²) in [5.41, 5.74) is 1.13. The van der Waals surface area contributed by atoms with Crippen molar-refractivity contribution in [1.82, 2.24) is 0 Å². The number of halogens is 1. The summed E-state index contributed by atoms with van der Waals surface area (Å²) in [4.78, 5) is 2.77. The number of hydrogen-bond acceptors (Lipinski definition) is 3. The van der Waals surface area contributed by atoms with Gasteiger partial charge in [0, 0.05) is 24.1 Å². The lowest BCUT2D eigenvalue weighted by Gasteiger charge is -2.19. The van der Waals surface area contributed by atoms with E-state index < -0.39 is 9.84 Å². The first kappa shape index (κ1) is 14.9. The minimum absolute atomic E-state index is 0.156. The maximum atomic E-state index is 11.8. The van der Waals surface area contributed by atoms with E-state index in [0.29, 0.717) is 4.90 Å². The summed E-state index contributed by atoms with van der Waals surface area (Å²) in [6.45, 7) is 3.82. The summed E-state index contributed by atoms with van der Waals surface area (Å²) in [7, 11) is -3.08. The fourth-order valence-electron chi connectivity index (χ4n) is 2.49. The molecule has 1 unspecified atom stereocenters. The van der Waals surface area contributed by atoms with Crippen LogP contribution in [-0.2, 0) is 9.84 Å². The second-order valence-electron chi connectivity index (χ2n) is 4.98. The smallest absolute Gasteiger partial charge is 0.178 e. The van der Waals surface area contributed by atoms with Crippen LogP contribution in [0, 0.1) is 5.92 Å². The van der Waals surface area contributed by atoms with E-state index in [4.69, 9.17) is 0 Å². The minimum Gasteiger partial charge on any atom is -0.371 e. The van der Waals surface area contributed by atoms with E-state index in [1.807, 2.05) is 12.1 Å². The standard InChI is InChI=1S/C14H20BrNO2S/c1-2-19(17,18)14-5-3-13(4-6-14)16-10-8-12(11-16)7-9-15/h3-6,12H,2,7-11H2,1H3. The van der Waals surface area contributed by atoms with Gasteiger partial charge in [-0.1, -0.05) is 22.9 Å². The van der Waals surface area contributed by atoms with Gasteiger partial charge in [0.2, 0.25) is 0 Å². The van der Waals surface area contributed by atoms with E-state index in [1.165, 1.54) is 12.8 Å². The Morgan fingerprint density at radius 2 is 2.00 bits per heavy atom. The van der Waals surface area contributed by atoms with Gasteiger partial charge in [0.25, 0.3) is 0 Å². The van der Waals surface area contributed by atoms with Gasteiger partial charge in [0.15, 0.2) is 9.84 Å². The van der Waals surface area contributed by atoms with Gasteiger partial charge in [-0.05, 0) is 43.0 Å². The maximum Gasteiger partial charge on any atom is 0.178 e. The van der Waals surface area contributed by atoms with Crippen LogP contribution in [0.15, 0.2) is 29.2 Å². The monoisotopic (exact) mass is 345 g/mol. The lowest BCUT2D eigenvalue weighted by Crippen LogP contribution is -2.19.